The zero-order valence-electron chi connectivity index (χ0n) is 13.4. The third kappa shape index (κ3) is 4.26. The molecular weight excluding hydrogens is 312 g/mol. The molecule has 9 heteroatoms. The quantitative estimate of drug-likeness (QED) is 0.505. The highest BCUT2D eigenvalue weighted by molar-refractivity contribution is 5.87. The Labute approximate surface area is 132 Å². The SMILES string of the molecule is CC(=O)O[C@@H]1[C@@H](OC(C)=O)CO[C@@](CO)(C(C)=O)[C@H]1OC(C)=O. The van der Waals surface area contributed by atoms with E-state index in [2.05, 4.69) is 0 Å². The number of hydrogen-bond acceptors (Lipinski definition) is 9. The molecule has 0 saturated carbocycles. The molecule has 9 nitrogen and oxygen atoms in total. The van der Waals surface area contributed by atoms with Gasteiger partial charge in [0, 0.05) is 20.8 Å². The Morgan fingerprint density at radius 2 is 1.52 bits per heavy atom. The van der Waals surface area contributed by atoms with Gasteiger partial charge >= 0.3 is 17.9 Å². The van der Waals surface area contributed by atoms with Crippen molar-refractivity contribution < 1.29 is 43.2 Å². The summed E-state index contributed by atoms with van der Waals surface area (Å²) in [5.74, 6) is -2.80. The van der Waals surface area contributed by atoms with Crippen LogP contribution < -0.4 is 0 Å². The zero-order chi connectivity index (χ0) is 17.8. The Morgan fingerprint density at radius 1 is 1.00 bits per heavy atom. The molecule has 0 aliphatic carbocycles. The van der Waals surface area contributed by atoms with Crippen molar-refractivity contribution in [1.29, 1.82) is 0 Å². The van der Waals surface area contributed by atoms with Gasteiger partial charge in [0.1, 0.15) is 0 Å². The van der Waals surface area contributed by atoms with Crippen LogP contribution in [0.4, 0.5) is 0 Å². The molecule has 130 valence electrons. The first-order valence-electron chi connectivity index (χ1n) is 6.91. The Balaban J connectivity index is 3.29. The highest BCUT2D eigenvalue weighted by Gasteiger charge is 2.58. The van der Waals surface area contributed by atoms with Crippen molar-refractivity contribution in [3.8, 4) is 0 Å². The molecule has 1 aliphatic heterocycles. The summed E-state index contributed by atoms with van der Waals surface area (Å²) < 4.78 is 20.5. The van der Waals surface area contributed by atoms with Crippen LogP contribution in [-0.2, 0) is 38.1 Å². The van der Waals surface area contributed by atoms with Gasteiger partial charge in [0.2, 0.25) is 0 Å². The van der Waals surface area contributed by atoms with Crippen molar-refractivity contribution in [3.05, 3.63) is 0 Å². The summed E-state index contributed by atoms with van der Waals surface area (Å²) in [7, 11) is 0. The fourth-order valence-corrected chi connectivity index (χ4v) is 2.40. The predicted octanol–water partition coefficient (Wildman–Crippen LogP) is -0.868. The molecule has 1 heterocycles. The molecule has 0 spiro atoms. The van der Waals surface area contributed by atoms with E-state index in [9.17, 15) is 24.3 Å². The lowest BCUT2D eigenvalue weighted by Crippen LogP contribution is -2.68. The molecule has 1 saturated heterocycles. The summed E-state index contributed by atoms with van der Waals surface area (Å²) in [5.41, 5.74) is -1.90. The van der Waals surface area contributed by atoms with Gasteiger partial charge in [0.05, 0.1) is 13.2 Å². The van der Waals surface area contributed by atoms with Gasteiger partial charge < -0.3 is 24.1 Å². The minimum Gasteiger partial charge on any atom is -0.456 e. The lowest BCUT2D eigenvalue weighted by Gasteiger charge is -2.46. The highest BCUT2D eigenvalue weighted by atomic mass is 16.7. The number of carbonyl (C=O) groups excluding carboxylic acids is 4. The van der Waals surface area contributed by atoms with Gasteiger partial charge in [-0.25, -0.2) is 0 Å². The van der Waals surface area contributed by atoms with E-state index in [1.807, 2.05) is 0 Å². The number of Topliss-reactive ketones (excluding diaryl/α,β-unsaturated/α-hetero) is 1. The summed E-state index contributed by atoms with van der Waals surface area (Å²) >= 11 is 0. The number of rotatable bonds is 5. The van der Waals surface area contributed by atoms with Gasteiger partial charge in [-0.1, -0.05) is 0 Å². The van der Waals surface area contributed by atoms with Crippen LogP contribution in [0.25, 0.3) is 0 Å². The Morgan fingerprint density at radius 3 is 1.91 bits per heavy atom. The number of carbonyl (C=O) groups is 4. The summed E-state index contributed by atoms with van der Waals surface area (Å²) in [4.78, 5) is 45.9. The first-order valence-corrected chi connectivity index (χ1v) is 6.91. The lowest BCUT2D eigenvalue weighted by molar-refractivity contribution is -0.256. The molecule has 1 rings (SSSR count). The molecule has 0 amide bonds. The normalized spacial score (nSPS) is 30.2. The highest BCUT2D eigenvalue weighted by Crippen LogP contribution is 2.33. The van der Waals surface area contributed by atoms with Crippen LogP contribution in [0.2, 0.25) is 0 Å². The molecule has 1 fully saturated rings. The summed E-state index contributed by atoms with van der Waals surface area (Å²) in [5, 5.41) is 9.63. The van der Waals surface area contributed by atoms with E-state index in [1.54, 1.807) is 0 Å². The van der Waals surface area contributed by atoms with Crippen LogP contribution >= 0.6 is 0 Å². The van der Waals surface area contributed by atoms with E-state index in [4.69, 9.17) is 18.9 Å². The van der Waals surface area contributed by atoms with Gasteiger partial charge in [-0.05, 0) is 6.92 Å². The van der Waals surface area contributed by atoms with Crippen LogP contribution in [0.1, 0.15) is 27.7 Å². The number of ketones is 1. The Hall–Kier alpha value is -2.00. The van der Waals surface area contributed by atoms with Crippen LogP contribution in [0.5, 0.6) is 0 Å². The molecule has 1 aliphatic rings. The van der Waals surface area contributed by atoms with Crippen LogP contribution in [0.3, 0.4) is 0 Å². The van der Waals surface area contributed by atoms with Crippen molar-refractivity contribution >= 4 is 23.7 Å². The standard InChI is InChI=1S/C14H20O9/c1-7(16)14(6-15)13(23-10(4)19)12(22-9(3)18)11(5-20-14)21-8(2)17/h11-13,15H,5-6H2,1-4H3/t11-,12+,13-,14-/m0/s1. The largest absolute Gasteiger partial charge is 0.456 e. The summed E-state index contributed by atoms with van der Waals surface area (Å²) in [6.45, 7) is 3.37. The van der Waals surface area contributed by atoms with E-state index in [-0.39, 0.29) is 6.61 Å². The summed E-state index contributed by atoms with van der Waals surface area (Å²) in [6.07, 6.45) is -3.82. The molecule has 0 aromatic carbocycles. The second kappa shape index (κ2) is 7.51. The summed E-state index contributed by atoms with van der Waals surface area (Å²) in [6, 6.07) is 0. The fourth-order valence-electron chi connectivity index (χ4n) is 2.40. The average Bonchev–Trinajstić information content (AvgIpc) is 2.41. The molecule has 4 atom stereocenters. The topological polar surface area (TPSA) is 125 Å². The number of esters is 3. The van der Waals surface area contributed by atoms with Gasteiger partial charge in [0.25, 0.3) is 0 Å². The Kier molecular flexibility index (Phi) is 6.22. The van der Waals surface area contributed by atoms with Gasteiger partial charge in [0.15, 0.2) is 29.7 Å². The number of hydrogen-bond donors (Lipinski definition) is 1. The maximum atomic E-state index is 12.0. The van der Waals surface area contributed by atoms with Crippen LogP contribution in [0, 0.1) is 0 Å². The molecule has 0 aromatic rings. The average molecular weight is 332 g/mol. The second-order valence-electron chi connectivity index (χ2n) is 5.17. The molecular formula is C14H20O9. The smallest absolute Gasteiger partial charge is 0.303 e. The molecule has 1 N–H and O–H groups in total. The van der Waals surface area contributed by atoms with Crippen molar-refractivity contribution in [3.63, 3.8) is 0 Å². The van der Waals surface area contributed by atoms with E-state index in [0.29, 0.717) is 0 Å². The van der Waals surface area contributed by atoms with Gasteiger partial charge in [-0.2, -0.15) is 0 Å². The molecule has 23 heavy (non-hydrogen) atoms. The van der Waals surface area contributed by atoms with Crippen molar-refractivity contribution in [1.82, 2.24) is 0 Å². The molecule has 0 radical (unpaired) electrons. The number of aliphatic hydroxyl groups excluding tert-OH is 1. The van der Waals surface area contributed by atoms with E-state index in [1.165, 1.54) is 0 Å². The van der Waals surface area contributed by atoms with E-state index < -0.39 is 54.2 Å². The fraction of sp³-hybridized carbons (Fsp3) is 0.714. The first kappa shape index (κ1) is 19.0. The number of aliphatic hydroxyl groups is 1. The van der Waals surface area contributed by atoms with Gasteiger partial charge in [-0.3, -0.25) is 19.2 Å². The maximum absolute atomic E-state index is 12.0. The minimum absolute atomic E-state index is 0.310. The van der Waals surface area contributed by atoms with Crippen molar-refractivity contribution in [2.45, 2.75) is 51.6 Å². The van der Waals surface area contributed by atoms with E-state index >= 15 is 0 Å². The lowest BCUT2D eigenvalue weighted by atomic mass is 9.84. The molecule has 0 unspecified atom stereocenters. The minimum atomic E-state index is -1.90. The molecule has 0 bridgehead atoms. The van der Waals surface area contributed by atoms with Crippen molar-refractivity contribution in [2.75, 3.05) is 13.2 Å². The second-order valence-corrected chi connectivity index (χ2v) is 5.17. The Bertz CT molecular complexity index is 500. The van der Waals surface area contributed by atoms with Crippen molar-refractivity contribution in [2.24, 2.45) is 0 Å². The zero-order valence-corrected chi connectivity index (χ0v) is 13.4. The first-order chi connectivity index (χ1) is 10.6. The predicted molar refractivity (Wildman–Crippen MR) is 73.1 cm³/mol. The van der Waals surface area contributed by atoms with Crippen LogP contribution in [0.15, 0.2) is 0 Å². The van der Waals surface area contributed by atoms with Gasteiger partial charge in [-0.15, -0.1) is 0 Å². The van der Waals surface area contributed by atoms with Crippen LogP contribution in [-0.4, -0.2) is 65.9 Å². The third-order valence-corrected chi connectivity index (χ3v) is 3.37. The third-order valence-electron chi connectivity index (χ3n) is 3.37. The van der Waals surface area contributed by atoms with E-state index in [0.717, 1.165) is 27.7 Å². The maximum Gasteiger partial charge on any atom is 0.303 e. The monoisotopic (exact) mass is 332 g/mol. The number of ether oxygens (including phenoxy) is 4. The molecule has 0 aromatic heterocycles.